The molecule has 0 heterocycles. The molecule has 0 radical (unpaired) electrons. The average Bonchev–Trinajstić information content (AvgIpc) is 2.72. The summed E-state index contributed by atoms with van der Waals surface area (Å²) in [5, 5.41) is 3.50. The summed E-state index contributed by atoms with van der Waals surface area (Å²) >= 11 is 18.0. The number of hydrogen-bond donors (Lipinski definition) is 2. The van der Waals surface area contributed by atoms with Crippen molar-refractivity contribution in [1.29, 1.82) is 0 Å². The molecule has 0 fully saturated rings. The SMILES string of the molecule is O=C(Nc1cccc(Cl)c1Cl)C(Cc1ccccc1)NS(=O)(=O)c1ccc(Cl)cc1. The molecule has 0 spiro atoms. The van der Waals surface area contributed by atoms with Crippen LogP contribution in [0.4, 0.5) is 5.69 Å². The van der Waals surface area contributed by atoms with Gasteiger partial charge in [0.15, 0.2) is 0 Å². The van der Waals surface area contributed by atoms with Crippen LogP contribution in [0.15, 0.2) is 77.7 Å². The highest BCUT2D eigenvalue weighted by Gasteiger charge is 2.27. The third kappa shape index (κ3) is 5.74. The van der Waals surface area contributed by atoms with E-state index >= 15 is 0 Å². The molecular weight excluding hydrogens is 467 g/mol. The molecule has 0 saturated heterocycles. The number of rotatable bonds is 7. The number of nitrogens with one attached hydrogen (secondary N) is 2. The Balaban J connectivity index is 1.88. The van der Waals surface area contributed by atoms with Crippen molar-refractivity contribution in [3.8, 4) is 0 Å². The first-order chi connectivity index (χ1) is 14.3. The van der Waals surface area contributed by atoms with Gasteiger partial charge in [0.25, 0.3) is 0 Å². The number of sulfonamides is 1. The normalized spacial score (nSPS) is 12.4. The fourth-order valence-electron chi connectivity index (χ4n) is 2.73. The zero-order valence-electron chi connectivity index (χ0n) is 15.5. The lowest BCUT2D eigenvalue weighted by molar-refractivity contribution is -0.117. The van der Waals surface area contributed by atoms with Gasteiger partial charge in [0, 0.05) is 5.02 Å². The minimum Gasteiger partial charge on any atom is -0.323 e. The summed E-state index contributed by atoms with van der Waals surface area (Å²) in [5.41, 5.74) is 1.08. The molecule has 0 bridgehead atoms. The second-order valence-corrected chi connectivity index (χ2v) is 9.34. The maximum atomic E-state index is 13.0. The van der Waals surface area contributed by atoms with Gasteiger partial charge in [0.05, 0.1) is 20.6 Å². The first-order valence-corrected chi connectivity index (χ1v) is 11.4. The first-order valence-electron chi connectivity index (χ1n) is 8.83. The molecule has 3 rings (SSSR count). The summed E-state index contributed by atoms with van der Waals surface area (Å²) in [6, 6.07) is 18.5. The van der Waals surface area contributed by atoms with Crippen LogP contribution in [0.5, 0.6) is 0 Å². The van der Waals surface area contributed by atoms with Crippen LogP contribution in [0.1, 0.15) is 5.56 Å². The molecule has 3 aromatic rings. The molecule has 156 valence electrons. The topological polar surface area (TPSA) is 75.3 Å². The zero-order valence-corrected chi connectivity index (χ0v) is 18.6. The van der Waals surface area contributed by atoms with Crippen molar-refractivity contribution in [3.63, 3.8) is 0 Å². The first kappa shape index (κ1) is 22.6. The molecular formula is C21H17Cl3N2O3S. The Morgan fingerprint density at radius 2 is 1.53 bits per heavy atom. The summed E-state index contributed by atoms with van der Waals surface area (Å²) < 4.78 is 28.2. The highest BCUT2D eigenvalue weighted by Crippen LogP contribution is 2.29. The standard InChI is InChI=1S/C21H17Cl3N2O3S/c22-15-9-11-16(12-10-15)30(28,29)26-19(13-14-5-2-1-3-6-14)21(27)25-18-8-4-7-17(23)20(18)24/h1-12,19,26H,13H2,(H,25,27). The summed E-state index contributed by atoms with van der Waals surface area (Å²) in [6.45, 7) is 0. The number of halogens is 3. The highest BCUT2D eigenvalue weighted by atomic mass is 35.5. The van der Waals surface area contributed by atoms with Crippen LogP contribution in [0, 0.1) is 0 Å². The van der Waals surface area contributed by atoms with E-state index in [9.17, 15) is 13.2 Å². The fourth-order valence-corrected chi connectivity index (χ4v) is 4.40. The van der Waals surface area contributed by atoms with Gasteiger partial charge < -0.3 is 5.32 Å². The molecule has 0 saturated carbocycles. The van der Waals surface area contributed by atoms with Crippen LogP contribution in [-0.2, 0) is 21.2 Å². The predicted molar refractivity (Wildman–Crippen MR) is 121 cm³/mol. The van der Waals surface area contributed by atoms with Crippen LogP contribution in [-0.4, -0.2) is 20.4 Å². The van der Waals surface area contributed by atoms with Crippen molar-refractivity contribution < 1.29 is 13.2 Å². The Morgan fingerprint density at radius 3 is 2.20 bits per heavy atom. The zero-order chi connectivity index (χ0) is 21.7. The van der Waals surface area contributed by atoms with Crippen LogP contribution in [0.2, 0.25) is 15.1 Å². The minimum absolute atomic E-state index is 0.00134. The van der Waals surface area contributed by atoms with Crippen molar-refractivity contribution in [2.24, 2.45) is 0 Å². The fraction of sp³-hybridized carbons (Fsp3) is 0.0952. The summed E-state index contributed by atoms with van der Waals surface area (Å²) in [4.78, 5) is 13.0. The minimum atomic E-state index is -3.98. The van der Waals surface area contributed by atoms with E-state index in [0.717, 1.165) is 5.56 Å². The number of benzene rings is 3. The lowest BCUT2D eigenvalue weighted by atomic mass is 10.1. The van der Waals surface area contributed by atoms with E-state index in [1.165, 1.54) is 24.3 Å². The Morgan fingerprint density at radius 1 is 0.867 bits per heavy atom. The summed E-state index contributed by atoms with van der Waals surface area (Å²) in [7, 11) is -3.98. The average molecular weight is 484 g/mol. The molecule has 1 unspecified atom stereocenters. The van der Waals surface area contributed by atoms with E-state index in [1.807, 2.05) is 30.3 Å². The van der Waals surface area contributed by atoms with Gasteiger partial charge in [-0.25, -0.2) is 8.42 Å². The molecule has 9 heteroatoms. The molecule has 0 aliphatic carbocycles. The molecule has 1 amide bonds. The molecule has 30 heavy (non-hydrogen) atoms. The van der Waals surface area contributed by atoms with Crippen molar-refractivity contribution in [3.05, 3.63) is 93.4 Å². The van der Waals surface area contributed by atoms with Gasteiger partial charge in [-0.1, -0.05) is 71.2 Å². The van der Waals surface area contributed by atoms with E-state index in [-0.39, 0.29) is 27.0 Å². The van der Waals surface area contributed by atoms with Gasteiger partial charge in [-0.3, -0.25) is 4.79 Å². The Bertz CT molecular complexity index is 1140. The predicted octanol–water partition coefficient (Wildman–Crippen LogP) is 5.18. The van der Waals surface area contributed by atoms with Gasteiger partial charge in [-0.15, -0.1) is 0 Å². The second-order valence-electron chi connectivity index (χ2n) is 6.41. The smallest absolute Gasteiger partial charge is 0.242 e. The molecule has 0 aromatic heterocycles. The maximum Gasteiger partial charge on any atom is 0.242 e. The highest BCUT2D eigenvalue weighted by molar-refractivity contribution is 7.89. The van der Waals surface area contributed by atoms with E-state index in [4.69, 9.17) is 34.8 Å². The van der Waals surface area contributed by atoms with Gasteiger partial charge in [0.1, 0.15) is 6.04 Å². The maximum absolute atomic E-state index is 13.0. The molecule has 3 aromatic carbocycles. The number of carbonyl (C=O) groups is 1. The molecule has 1 atom stereocenters. The summed E-state index contributed by atoms with van der Waals surface area (Å²) in [6.07, 6.45) is 0.137. The third-order valence-electron chi connectivity index (χ3n) is 4.23. The number of hydrogen-bond acceptors (Lipinski definition) is 3. The number of amides is 1. The van der Waals surface area contributed by atoms with E-state index in [2.05, 4.69) is 10.0 Å². The summed E-state index contributed by atoms with van der Waals surface area (Å²) in [5.74, 6) is -0.569. The molecule has 5 nitrogen and oxygen atoms in total. The van der Waals surface area contributed by atoms with Gasteiger partial charge in [-0.05, 0) is 48.4 Å². The van der Waals surface area contributed by atoms with Crippen molar-refractivity contribution in [2.45, 2.75) is 17.4 Å². The Labute approximate surface area is 190 Å². The van der Waals surface area contributed by atoms with E-state index in [1.54, 1.807) is 18.2 Å². The van der Waals surface area contributed by atoms with Crippen LogP contribution in [0.25, 0.3) is 0 Å². The second kappa shape index (κ2) is 9.81. The number of anilines is 1. The van der Waals surface area contributed by atoms with Crippen LogP contribution in [0.3, 0.4) is 0 Å². The van der Waals surface area contributed by atoms with E-state index < -0.39 is 22.0 Å². The van der Waals surface area contributed by atoms with Crippen LogP contribution >= 0.6 is 34.8 Å². The van der Waals surface area contributed by atoms with Gasteiger partial charge in [0.2, 0.25) is 15.9 Å². The van der Waals surface area contributed by atoms with Gasteiger partial charge >= 0.3 is 0 Å². The van der Waals surface area contributed by atoms with Crippen molar-refractivity contribution in [2.75, 3.05) is 5.32 Å². The molecule has 0 aliphatic rings. The van der Waals surface area contributed by atoms with Gasteiger partial charge in [-0.2, -0.15) is 4.72 Å². The number of carbonyl (C=O) groups excluding carboxylic acids is 1. The lowest BCUT2D eigenvalue weighted by Crippen LogP contribution is -2.45. The van der Waals surface area contributed by atoms with Crippen molar-refractivity contribution >= 4 is 56.4 Å². The lowest BCUT2D eigenvalue weighted by Gasteiger charge is -2.19. The Hall–Kier alpha value is -2.09. The Kier molecular flexibility index (Phi) is 7.39. The van der Waals surface area contributed by atoms with Crippen LogP contribution < -0.4 is 10.0 Å². The largest absolute Gasteiger partial charge is 0.323 e. The quantitative estimate of drug-likeness (QED) is 0.486. The molecule has 0 aliphatic heterocycles. The van der Waals surface area contributed by atoms with Crippen molar-refractivity contribution in [1.82, 2.24) is 4.72 Å². The molecule has 2 N–H and O–H groups in total. The monoisotopic (exact) mass is 482 g/mol. The van der Waals surface area contributed by atoms with E-state index in [0.29, 0.717) is 5.02 Å². The third-order valence-corrected chi connectivity index (χ3v) is 6.79.